The van der Waals surface area contributed by atoms with E-state index in [9.17, 15) is 0 Å². The van der Waals surface area contributed by atoms with Crippen molar-refractivity contribution in [3.05, 3.63) is 0 Å². The van der Waals surface area contributed by atoms with Gasteiger partial charge >= 0.3 is 0 Å². The van der Waals surface area contributed by atoms with Gasteiger partial charge in [0.2, 0.25) is 0 Å². The summed E-state index contributed by atoms with van der Waals surface area (Å²) in [6.45, 7) is 4.00. The van der Waals surface area contributed by atoms with Crippen molar-refractivity contribution in [2.24, 2.45) is 16.5 Å². The van der Waals surface area contributed by atoms with Crippen molar-refractivity contribution in [2.75, 3.05) is 0 Å². The first-order valence-electron chi connectivity index (χ1n) is 2.84. The van der Waals surface area contributed by atoms with E-state index in [2.05, 4.69) is 4.99 Å². The first-order valence-corrected chi connectivity index (χ1v) is 3.51. The molecule has 7 heteroatoms. The van der Waals surface area contributed by atoms with Gasteiger partial charge in [-0.05, 0) is 0 Å². The lowest BCUT2D eigenvalue weighted by molar-refractivity contribution is 1.02. The molecule has 0 aliphatic rings. The molecule has 0 fully saturated rings. The first kappa shape index (κ1) is 12.9. The van der Waals surface area contributed by atoms with Gasteiger partial charge < -0.3 is 11.5 Å². The molecule has 0 aromatic carbocycles. The molecule has 0 aromatic heterocycles. The minimum absolute atomic E-state index is 0.258. The largest absolute Gasteiger partial charge is 0.370 e. The van der Waals surface area contributed by atoms with E-state index in [1.54, 1.807) is 0 Å². The van der Waals surface area contributed by atoms with Crippen LogP contribution in [0.3, 0.4) is 0 Å². The van der Waals surface area contributed by atoms with E-state index in [1.165, 1.54) is 0 Å². The van der Waals surface area contributed by atoms with Crippen molar-refractivity contribution in [3.63, 3.8) is 0 Å². The van der Waals surface area contributed by atoms with E-state index in [-0.39, 0.29) is 5.96 Å². The average molecular weight is 200 g/mol. The minimum atomic E-state index is -0.418. The SMILES string of the molecule is CC.N=C(N=C(N)N)N(Cl)Cl. The van der Waals surface area contributed by atoms with Gasteiger partial charge in [0, 0.05) is 23.6 Å². The summed E-state index contributed by atoms with van der Waals surface area (Å²) in [4.78, 5) is 3.19. The number of hydrogen-bond acceptors (Lipinski definition) is 1. The molecule has 0 radical (unpaired) electrons. The zero-order valence-electron chi connectivity index (χ0n) is 6.31. The fourth-order valence-corrected chi connectivity index (χ4v) is 0.236. The predicted octanol–water partition coefficient (Wildman–Crippen LogP) is 0.830. The monoisotopic (exact) mass is 199 g/mol. The molecule has 0 aromatic rings. The second kappa shape index (κ2) is 7.43. The number of nitrogens with two attached hydrogens (primary N) is 2. The van der Waals surface area contributed by atoms with Crippen molar-refractivity contribution in [1.82, 2.24) is 3.94 Å². The van der Waals surface area contributed by atoms with Gasteiger partial charge in [0.05, 0.1) is 0 Å². The lowest BCUT2D eigenvalue weighted by Crippen LogP contribution is -2.25. The van der Waals surface area contributed by atoms with Crippen LogP contribution < -0.4 is 11.5 Å². The summed E-state index contributed by atoms with van der Waals surface area (Å²) >= 11 is 10.1. The normalized spacial score (nSPS) is 7.27. The summed E-state index contributed by atoms with van der Waals surface area (Å²) in [5, 5.41) is 6.79. The van der Waals surface area contributed by atoms with Crippen LogP contribution in [0, 0.1) is 5.41 Å². The van der Waals surface area contributed by atoms with Crippen LogP contribution in [-0.2, 0) is 0 Å². The minimum Gasteiger partial charge on any atom is -0.370 e. The Morgan fingerprint density at radius 2 is 1.73 bits per heavy atom. The van der Waals surface area contributed by atoms with Crippen LogP contribution in [0.4, 0.5) is 0 Å². The Balaban J connectivity index is 0. The number of aliphatic imine (C=N–C) groups is 1. The van der Waals surface area contributed by atoms with Crippen LogP contribution in [-0.4, -0.2) is 15.9 Å². The highest BCUT2D eigenvalue weighted by atomic mass is 35.5. The number of hydrogen-bond donors (Lipinski definition) is 3. The maximum atomic E-state index is 6.79. The lowest BCUT2D eigenvalue weighted by Gasteiger charge is -1.99. The van der Waals surface area contributed by atoms with Crippen molar-refractivity contribution in [2.45, 2.75) is 13.8 Å². The molecule has 0 rings (SSSR count). The summed E-state index contributed by atoms with van der Waals surface area (Å²) in [5.74, 6) is -0.676. The predicted molar refractivity (Wildman–Crippen MR) is 48.4 cm³/mol. The van der Waals surface area contributed by atoms with Crippen molar-refractivity contribution in [3.8, 4) is 0 Å². The zero-order valence-corrected chi connectivity index (χ0v) is 7.82. The molecule has 0 bridgehead atoms. The maximum absolute atomic E-state index is 6.79. The molecule has 66 valence electrons. The van der Waals surface area contributed by atoms with E-state index in [1.807, 2.05) is 13.8 Å². The average Bonchev–Trinajstić information content (AvgIpc) is 1.90. The topological polar surface area (TPSA) is 91.5 Å². The van der Waals surface area contributed by atoms with E-state index in [0.717, 1.165) is 0 Å². The number of halogens is 2. The lowest BCUT2D eigenvalue weighted by atomic mass is 11.0. The Bertz CT molecular complexity index is 139. The molecule has 0 atom stereocenters. The van der Waals surface area contributed by atoms with Crippen molar-refractivity contribution in [1.29, 1.82) is 5.41 Å². The fourth-order valence-electron chi connectivity index (χ4n) is 0.160. The Kier molecular flexibility index (Phi) is 8.74. The standard InChI is InChI=1S/C2H5Cl2N5.C2H6/c3-9(4)2(7)8-1(5)6;1-2/h(H5,5,6,7,8);1-2H3. The van der Waals surface area contributed by atoms with E-state index < -0.39 is 5.96 Å². The van der Waals surface area contributed by atoms with Crippen LogP contribution in [0.15, 0.2) is 4.99 Å². The molecule has 0 heterocycles. The number of guanidine groups is 2. The third-order valence-corrected chi connectivity index (χ3v) is 0.715. The Hall–Kier alpha value is -0.680. The molecular formula is C4H11Cl2N5. The van der Waals surface area contributed by atoms with Gasteiger partial charge in [-0.25, -0.2) is 0 Å². The second-order valence-electron chi connectivity index (χ2n) is 1.09. The number of nitrogens with one attached hydrogen (secondary N) is 1. The summed E-state index contributed by atoms with van der Waals surface area (Å²) in [7, 11) is 0. The molecule has 0 amide bonds. The van der Waals surface area contributed by atoms with Gasteiger partial charge in [-0.1, -0.05) is 13.8 Å². The Morgan fingerprint density at radius 3 is 1.82 bits per heavy atom. The van der Waals surface area contributed by atoms with Crippen LogP contribution in [0.5, 0.6) is 0 Å². The van der Waals surface area contributed by atoms with Crippen LogP contribution in [0.2, 0.25) is 0 Å². The van der Waals surface area contributed by atoms with Gasteiger partial charge in [-0.2, -0.15) is 8.93 Å². The summed E-state index contributed by atoms with van der Waals surface area (Å²) < 4.78 is 0.444. The molecule has 0 spiro atoms. The molecule has 5 nitrogen and oxygen atoms in total. The first-order chi connectivity index (χ1) is 5.04. The third-order valence-electron chi connectivity index (χ3n) is 0.395. The van der Waals surface area contributed by atoms with Gasteiger partial charge in [-0.15, -0.1) is 0 Å². The highest BCUT2D eigenvalue weighted by molar-refractivity contribution is 6.41. The summed E-state index contributed by atoms with van der Waals surface area (Å²) in [6.07, 6.45) is 0. The molecule has 5 N–H and O–H groups in total. The molecule has 0 aliphatic heterocycles. The highest BCUT2D eigenvalue weighted by Crippen LogP contribution is 1.99. The second-order valence-corrected chi connectivity index (χ2v) is 1.94. The smallest absolute Gasteiger partial charge is 0.251 e. The van der Waals surface area contributed by atoms with Crippen molar-refractivity contribution >= 4 is 35.5 Å². The van der Waals surface area contributed by atoms with Gasteiger partial charge in [0.15, 0.2) is 5.96 Å². The van der Waals surface area contributed by atoms with Crippen molar-refractivity contribution < 1.29 is 0 Å². The van der Waals surface area contributed by atoms with Gasteiger partial charge in [0.25, 0.3) is 5.96 Å². The number of rotatable bonds is 0. The Labute approximate surface area is 75.7 Å². The van der Waals surface area contributed by atoms with Gasteiger partial charge in [0.1, 0.15) is 0 Å². The van der Waals surface area contributed by atoms with Crippen LogP contribution in [0.1, 0.15) is 13.8 Å². The fraction of sp³-hybridized carbons (Fsp3) is 0.500. The zero-order chi connectivity index (χ0) is 9.44. The van der Waals surface area contributed by atoms with E-state index in [4.69, 9.17) is 40.4 Å². The summed E-state index contributed by atoms with van der Waals surface area (Å²) in [6, 6.07) is 0. The van der Waals surface area contributed by atoms with E-state index in [0.29, 0.717) is 3.94 Å². The molecular weight excluding hydrogens is 189 g/mol. The number of nitrogens with zero attached hydrogens (tertiary/aromatic N) is 2. The molecule has 0 saturated heterocycles. The van der Waals surface area contributed by atoms with E-state index >= 15 is 0 Å². The highest BCUT2D eigenvalue weighted by Gasteiger charge is 1.99. The third kappa shape index (κ3) is 9.32. The summed E-state index contributed by atoms with van der Waals surface area (Å²) in [5.41, 5.74) is 9.75. The van der Waals surface area contributed by atoms with Crippen LogP contribution >= 0.6 is 23.6 Å². The van der Waals surface area contributed by atoms with Gasteiger partial charge in [-0.3, -0.25) is 5.41 Å². The quantitative estimate of drug-likeness (QED) is 0.307. The van der Waals surface area contributed by atoms with Crippen LogP contribution in [0.25, 0.3) is 0 Å². The maximum Gasteiger partial charge on any atom is 0.251 e. The Morgan fingerprint density at radius 1 is 1.36 bits per heavy atom. The molecule has 0 unspecified atom stereocenters. The molecule has 11 heavy (non-hydrogen) atoms. The molecule has 0 aliphatic carbocycles. The molecule has 0 saturated carbocycles.